The summed E-state index contributed by atoms with van der Waals surface area (Å²) in [5.74, 6) is 1.13. The first-order valence-corrected chi connectivity index (χ1v) is 7.72. The molecule has 0 aromatic carbocycles. The molecule has 16 heavy (non-hydrogen) atoms. The summed E-state index contributed by atoms with van der Waals surface area (Å²) < 4.78 is 27.8. The minimum Gasteiger partial charge on any atom is -0.385 e. The molecule has 2 unspecified atom stereocenters. The number of hydrogen-bond donors (Lipinski definition) is 1. The lowest BCUT2D eigenvalue weighted by Crippen LogP contribution is -2.42. The molecule has 96 valence electrons. The van der Waals surface area contributed by atoms with E-state index in [1.807, 2.05) is 0 Å². The van der Waals surface area contributed by atoms with Crippen molar-refractivity contribution >= 4 is 9.84 Å². The second kappa shape index (κ2) is 5.98. The number of sulfone groups is 1. The van der Waals surface area contributed by atoms with Crippen LogP contribution >= 0.6 is 0 Å². The molecule has 1 heterocycles. The van der Waals surface area contributed by atoms with Gasteiger partial charge < -0.3 is 10.1 Å². The second-order valence-corrected chi connectivity index (χ2v) is 7.13. The molecule has 4 nitrogen and oxygen atoms in total. The van der Waals surface area contributed by atoms with E-state index in [0.717, 1.165) is 19.4 Å². The average Bonchev–Trinajstić information content (AvgIpc) is 2.52. The molecular weight excluding hydrogens is 226 g/mol. The van der Waals surface area contributed by atoms with Crippen molar-refractivity contribution in [1.29, 1.82) is 0 Å². The van der Waals surface area contributed by atoms with E-state index < -0.39 is 9.84 Å². The molecule has 0 aromatic heterocycles. The highest BCUT2D eigenvalue weighted by atomic mass is 32.2. The smallest absolute Gasteiger partial charge is 0.151 e. The Labute approximate surface area is 98.7 Å². The third-order valence-electron chi connectivity index (χ3n) is 3.12. The maximum Gasteiger partial charge on any atom is 0.151 e. The topological polar surface area (TPSA) is 55.4 Å². The predicted molar refractivity (Wildman–Crippen MR) is 65.3 cm³/mol. The SMILES string of the molecule is COCCC(NC1CCS(=O)(=O)C1)C(C)C. The van der Waals surface area contributed by atoms with Gasteiger partial charge in [-0.25, -0.2) is 8.42 Å². The lowest BCUT2D eigenvalue weighted by atomic mass is 10.00. The number of hydrogen-bond acceptors (Lipinski definition) is 4. The Bertz CT molecular complexity index is 300. The fourth-order valence-electron chi connectivity index (χ4n) is 2.08. The predicted octanol–water partition coefficient (Wildman–Crippen LogP) is 0.824. The fraction of sp³-hybridized carbons (Fsp3) is 1.00. The largest absolute Gasteiger partial charge is 0.385 e. The Hall–Kier alpha value is -0.130. The van der Waals surface area contributed by atoms with E-state index in [9.17, 15) is 8.42 Å². The van der Waals surface area contributed by atoms with Crippen LogP contribution in [-0.2, 0) is 14.6 Å². The Morgan fingerprint density at radius 1 is 1.44 bits per heavy atom. The van der Waals surface area contributed by atoms with Crippen molar-refractivity contribution in [2.24, 2.45) is 5.92 Å². The maximum absolute atomic E-state index is 11.3. The van der Waals surface area contributed by atoms with Crippen molar-refractivity contribution in [3.8, 4) is 0 Å². The number of rotatable bonds is 6. The Morgan fingerprint density at radius 2 is 2.12 bits per heavy atom. The first kappa shape index (κ1) is 13.9. The summed E-state index contributed by atoms with van der Waals surface area (Å²) >= 11 is 0. The molecule has 0 radical (unpaired) electrons. The first-order chi connectivity index (χ1) is 7.44. The molecular formula is C11H23NO3S. The third-order valence-corrected chi connectivity index (χ3v) is 4.89. The zero-order valence-corrected chi connectivity index (χ0v) is 11.2. The Balaban J connectivity index is 2.43. The molecule has 1 rings (SSSR count). The van der Waals surface area contributed by atoms with E-state index in [4.69, 9.17) is 4.74 Å². The van der Waals surface area contributed by atoms with Crippen LogP contribution in [0.5, 0.6) is 0 Å². The van der Waals surface area contributed by atoms with Gasteiger partial charge in [0.1, 0.15) is 0 Å². The van der Waals surface area contributed by atoms with Crippen molar-refractivity contribution in [1.82, 2.24) is 5.32 Å². The lowest BCUT2D eigenvalue weighted by molar-refractivity contribution is 0.171. The summed E-state index contributed by atoms with van der Waals surface area (Å²) in [7, 11) is -1.09. The second-order valence-electron chi connectivity index (χ2n) is 4.90. The van der Waals surface area contributed by atoms with E-state index >= 15 is 0 Å². The minimum absolute atomic E-state index is 0.134. The summed E-state index contributed by atoms with van der Waals surface area (Å²) in [6.07, 6.45) is 1.68. The quantitative estimate of drug-likeness (QED) is 0.757. The van der Waals surface area contributed by atoms with Gasteiger partial charge in [0.2, 0.25) is 0 Å². The molecule has 1 N–H and O–H groups in total. The van der Waals surface area contributed by atoms with Crippen LogP contribution in [0.3, 0.4) is 0 Å². The zero-order valence-electron chi connectivity index (χ0n) is 10.4. The molecule has 0 bridgehead atoms. The number of ether oxygens (including phenoxy) is 1. The monoisotopic (exact) mass is 249 g/mol. The summed E-state index contributed by atoms with van der Waals surface area (Å²) in [6, 6.07) is 0.479. The van der Waals surface area contributed by atoms with E-state index in [1.165, 1.54) is 0 Å². The van der Waals surface area contributed by atoms with E-state index in [0.29, 0.717) is 23.5 Å². The van der Waals surface area contributed by atoms with Crippen molar-refractivity contribution in [3.05, 3.63) is 0 Å². The molecule has 2 atom stereocenters. The van der Waals surface area contributed by atoms with Crippen LogP contribution < -0.4 is 5.32 Å². The third kappa shape index (κ3) is 4.39. The maximum atomic E-state index is 11.3. The van der Waals surface area contributed by atoms with Crippen molar-refractivity contribution in [2.75, 3.05) is 25.2 Å². The first-order valence-electron chi connectivity index (χ1n) is 5.90. The average molecular weight is 249 g/mol. The Kier molecular flexibility index (Phi) is 5.21. The number of nitrogens with one attached hydrogen (secondary N) is 1. The van der Waals surface area contributed by atoms with Crippen molar-refractivity contribution in [2.45, 2.75) is 38.8 Å². The normalized spacial score (nSPS) is 26.1. The van der Waals surface area contributed by atoms with Crippen LogP contribution in [0.4, 0.5) is 0 Å². The molecule has 1 aliphatic rings. The van der Waals surface area contributed by atoms with E-state index in [-0.39, 0.29) is 6.04 Å². The van der Waals surface area contributed by atoms with Gasteiger partial charge in [0.05, 0.1) is 11.5 Å². The molecule has 5 heteroatoms. The standard InChI is InChI=1S/C11H23NO3S/c1-9(2)11(4-6-15-3)12-10-5-7-16(13,14)8-10/h9-12H,4-8H2,1-3H3. The molecule has 0 aromatic rings. The van der Waals surface area contributed by atoms with Gasteiger partial charge in [-0.1, -0.05) is 13.8 Å². The molecule has 0 saturated carbocycles. The summed E-state index contributed by atoms with van der Waals surface area (Å²) in [4.78, 5) is 0. The fourth-order valence-corrected chi connectivity index (χ4v) is 3.77. The highest BCUT2D eigenvalue weighted by molar-refractivity contribution is 7.91. The molecule has 0 spiro atoms. The minimum atomic E-state index is -2.78. The summed E-state index contributed by atoms with van der Waals surface area (Å²) in [5, 5.41) is 3.45. The summed E-state index contributed by atoms with van der Waals surface area (Å²) in [5.41, 5.74) is 0. The van der Waals surface area contributed by atoms with Gasteiger partial charge in [-0.2, -0.15) is 0 Å². The van der Waals surface area contributed by atoms with Gasteiger partial charge >= 0.3 is 0 Å². The van der Waals surface area contributed by atoms with Crippen LogP contribution in [0.25, 0.3) is 0 Å². The summed E-state index contributed by atoms with van der Waals surface area (Å²) in [6.45, 7) is 5.02. The van der Waals surface area contributed by atoms with E-state index in [1.54, 1.807) is 7.11 Å². The molecule has 1 saturated heterocycles. The van der Waals surface area contributed by atoms with Crippen LogP contribution in [0.1, 0.15) is 26.7 Å². The zero-order chi connectivity index (χ0) is 12.2. The highest BCUT2D eigenvalue weighted by Crippen LogP contribution is 2.15. The Morgan fingerprint density at radius 3 is 2.56 bits per heavy atom. The van der Waals surface area contributed by atoms with Crippen LogP contribution in [0.2, 0.25) is 0 Å². The highest BCUT2D eigenvalue weighted by Gasteiger charge is 2.29. The van der Waals surface area contributed by atoms with Gasteiger partial charge in [-0.15, -0.1) is 0 Å². The van der Waals surface area contributed by atoms with Gasteiger partial charge in [-0.05, 0) is 18.8 Å². The van der Waals surface area contributed by atoms with Crippen LogP contribution in [-0.4, -0.2) is 45.7 Å². The van der Waals surface area contributed by atoms with Crippen molar-refractivity contribution < 1.29 is 13.2 Å². The van der Waals surface area contributed by atoms with Gasteiger partial charge in [0, 0.05) is 25.8 Å². The van der Waals surface area contributed by atoms with E-state index in [2.05, 4.69) is 19.2 Å². The van der Waals surface area contributed by atoms with Gasteiger partial charge in [0.15, 0.2) is 9.84 Å². The van der Waals surface area contributed by atoms with Gasteiger partial charge in [-0.3, -0.25) is 0 Å². The molecule has 1 aliphatic heterocycles. The van der Waals surface area contributed by atoms with Crippen LogP contribution in [0.15, 0.2) is 0 Å². The molecule has 0 amide bonds. The number of methoxy groups -OCH3 is 1. The van der Waals surface area contributed by atoms with Gasteiger partial charge in [0.25, 0.3) is 0 Å². The molecule has 1 fully saturated rings. The van der Waals surface area contributed by atoms with Crippen molar-refractivity contribution in [3.63, 3.8) is 0 Å². The van der Waals surface area contributed by atoms with Crippen LogP contribution in [0, 0.1) is 5.92 Å². The lowest BCUT2D eigenvalue weighted by Gasteiger charge is -2.25. The molecule has 0 aliphatic carbocycles.